The number of aliphatic hydroxyl groups excluding tert-OH is 1. The molecule has 0 radical (unpaired) electrons. The fourth-order valence-corrected chi connectivity index (χ4v) is 4.06. The van der Waals surface area contributed by atoms with Gasteiger partial charge in [0.1, 0.15) is 0 Å². The van der Waals surface area contributed by atoms with E-state index in [4.69, 9.17) is 0 Å². The topological polar surface area (TPSA) is 43.8 Å². The van der Waals surface area contributed by atoms with Crippen LogP contribution >= 0.6 is 0 Å². The summed E-state index contributed by atoms with van der Waals surface area (Å²) >= 11 is 0. The molecule has 25 heavy (non-hydrogen) atoms. The minimum absolute atomic E-state index is 0.0834. The summed E-state index contributed by atoms with van der Waals surface area (Å²) in [7, 11) is 3.97. The average molecular weight is 340 g/mol. The molecule has 1 amide bonds. The van der Waals surface area contributed by atoms with Crippen LogP contribution in [-0.4, -0.2) is 60.1 Å². The lowest BCUT2D eigenvalue weighted by atomic mass is 9.88. The fraction of sp³-hybridized carbons (Fsp3) is 0.476. The second-order valence-electron chi connectivity index (χ2n) is 7.10. The van der Waals surface area contributed by atoms with E-state index in [-0.39, 0.29) is 18.6 Å². The monoisotopic (exact) mass is 340 g/mol. The number of benzene rings is 2. The molecule has 4 heteroatoms. The average Bonchev–Trinajstić information content (AvgIpc) is 2.66. The lowest BCUT2D eigenvalue weighted by Gasteiger charge is -2.42. The Labute approximate surface area is 150 Å². The Kier molecular flexibility index (Phi) is 5.71. The molecule has 1 aliphatic carbocycles. The van der Waals surface area contributed by atoms with Crippen molar-refractivity contribution in [2.75, 3.05) is 27.2 Å². The van der Waals surface area contributed by atoms with E-state index in [2.05, 4.69) is 11.0 Å². The van der Waals surface area contributed by atoms with Crippen LogP contribution < -0.4 is 0 Å². The number of carbonyl (C=O) groups is 1. The van der Waals surface area contributed by atoms with Gasteiger partial charge in [-0.3, -0.25) is 9.69 Å². The number of likely N-dealkylation sites (N-methyl/N-ethyl adjacent to an activating group) is 2. The molecule has 1 fully saturated rings. The van der Waals surface area contributed by atoms with Crippen LogP contribution in [0.25, 0.3) is 10.8 Å². The van der Waals surface area contributed by atoms with Crippen molar-refractivity contribution >= 4 is 16.7 Å². The van der Waals surface area contributed by atoms with Crippen LogP contribution in [0.5, 0.6) is 0 Å². The lowest BCUT2D eigenvalue weighted by Crippen LogP contribution is -2.53. The highest BCUT2D eigenvalue weighted by Gasteiger charge is 2.33. The highest BCUT2D eigenvalue weighted by molar-refractivity contribution is 5.98. The van der Waals surface area contributed by atoms with Crippen LogP contribution in [0.15, 0.2) is 42.5 Å². The third kappa shape index (κ3) is 3.86. The van der Waals surface area contributed by atoms with E-state index in [1.54, 1.807) is 0 Å². The maximum atomic E-state index is 13.1. The van der Waals surface area contributed by atoms with Crippen molar-refractivity contribution in [2.24, 2.45) is 0 Å². The summed E-state index contributed by atoms with van der Waals surface area (Å²) in [5.41, 5.74) is 0.746. The predicted octanol–water partition coefficient (Wildman–Crippen LogP) is 3.15. The van der Waals surface area contributed by atoms with Gasteiger partial charge in [0, 0.05) is 31.2 Å². The lowest BCUT2D eigenvalue weighted by molar-refractivity contribution is 0.0468. The van der Waals surface area contributed by atoms with Crippen molar-refractivity contribution in [2.45, 2.75) is 37.8 Å². The Morgan fingerprint density at radius 1 is 1.04 bits per heavy atom. The SMILES string of the molecule is CN(CCO)[C@@H]1CCCC[C@H]1N(C)C(=O)c1ccc2ccccc2c1. The molecule has 1 aliphatic rings. The largest absolute Gasteiger partial charge is 0.395 e. The third-order valence-electron chi connectivity index (χ3n) is 5.53. The number of hydrogen-bond acceptors (Lipinski definition) is 3. The molecule has 1 N–H and O–H groups in total. The zero-order chi connectivity index (χ0) is 17.8. The number of fused-ring (bicyclic) bond motifs is 1. The van der Waals surface area contributed by atoms with E-state index in [1.165, 1.54) is 6.42 Å². The Morgan fingerprint density at radius 3 is 2.44 bits per heavy atom. The standard InChI is InChI=1S/C21H28N2O2/c1-22(13-14-24)19-9-5-6-10-20(19)23(2)21(25)18-12-11-16-7-3-4-8-17(16)15-18/h3-4,7-8,11-12,15,19-20,24H,5-6,9-10,13-14H2,1-2H3/t19-,20-/m1/s1. The molecule has 0 saturated heterocycles. The van der Waals surface area contributed by atoms with Crippen LogP contribution in [0.1, 0.15) is 36.0 Å². The summed E-state index contributed by atoms with van der Waals surface area (Å²) in [6, 6.07) is 14.6. The van der Waals surface area contributed by atoms with Gasteiger partial charge in [-0.25, -0.2) is 0 Å². The van der Waals surface area contributed by atoms with Gasteiger partial charge in [-0.05, 0) is 42.8 Å². The second kappa shape index (κ2) is 7.98. The summed E-state index contributed by atoms with van der Waals surface area (Å²) in [6.45, 7) is 0.807. The summed E-state index contributed by atoms with van der Waals surface area (Å²) < 4.78 is 0. The van der Waals surface area contributed by atoms with Crippen LogP contribution in [0.2, 0.25) is 0 Å². The van der Waals surface area contributed by atoms with Crippen molar-refractivity contribution < 1.29 is 9.90 Å². The van der Waals surface area contributed by atoms with Gasteiger partial charge in [-0.2, -0.15) is 0 Å². The number of rotatable bonds is 5. The first-order chi connectivity index (χ1) is 12.1. The first-order valence-corrected chi connectivity index (χ1v) is 9.19. The van der Waals surface area contributed by atoms with Gasteiger partial charge in [-0.15, -0.1) is 0 Å². The minimum atomic E-state index is 0.0834. The van der Waals surface area contributed by atoms with Gasteiger partial charge in [0.2, 0.25) is 0 Å². The molecule has 4 nitrogen and oxygen atoms in total. The quantitative estimate of drug-likeness (QED) is 0.909. The summed E-state index contributed by atoms with van der Waals surface area (Å²) in [5.74, 6) is 0.0834. The molecule has 2 aromatic carbocycles. The molecule has 3 rings (SSSR count). The van der Waals surface area contributed by atoms with Crippen molar-refractivity contribution in [1.82, 2.24) is 9.80 Å². The van der Waals surface area contributed by atoms with Crippen molar-refractivity contribution in [3.8, 4) is 0 Å². The molecule has 134 valence electrons. The highest BCUT2D eigenvalue weighted by Crippen LogP contribution is 2.27. The molecule has 0 aliphatic heterocycles. The Balaban J connectivity index is 1.81. The van der Waals surface area contributed by atoms with E-state index in [9.17, 15) is 9.90 Å². The smallest absolute Gasteiger partial charge is 0.253 e. The van der Waals surface area contributed by atoms with Gasteiger partial charge in [0.05, 0.1) is 6.61 Å². The molecule has 0 heterocycles. The molecule has 2 aromatic rings. The van der Waals surface area contributed by atoms with E-state index >= 15 is 0 Å². The molecule has 1 saturated carbocycles. The van der Waals surface area contributed by atoms with E-state index in [0.717, 1.165) is 35.6 Å². The number of nitrogens with zero attached hydrogens (tertiary/aromatic N) is 2. The van der Waals surface area contributed by atoms with Crippen LogP contribution in [0.3, 0.4) is 0 Å². The van der Waals surface area contributed by atoms with E-state index in [1.807, 2.05) is 55.4 Å². The van der Waals surface area contributed by atoms with Crippen LogP contribution in [0, 0.1) is 0 Å². The predicted molar refractivity (Wildman–Crippen MR) is 102 cm³/mol. The second-order valence-corrected chi connectivity index (χ2v) is 7.10. The van der Waals surface area contributed by atoms with Gasteiger partial charge >= 0.3 is 0 Å². The molecular formula is C21H28N2O2. The van der Waals surface area contributed by atoms with Crippen LogP contribution in [0.4, 0.5) is 0 Å². The maximum absolute atomic E-state index is 13.1. The summed E-state index contributed by atoms with van der Waals surface area (Å²) in [6.07, 6.45) is 4.45. The first kappa shape index (κ1) is 17.9. The molecule has 2 atom stereocenters. The molecule has 0 unspecified atom stereocenters. The number of hydrogen-bond donors (Lipinski definition) is 1. The molecule has 0 spiro atoms. The number of aliphatic hydroxyl groups is 1. The van der Waals surface area contributed by atoms with Gasteiger partial charge in [0.15, 0.2) is 0 Å². The van der Waals surface area contributed by atoms with Gasteiger partial charge < -0.3 is 10.0 Å². The zero-order valence-electron chi connectivity index (χ0n) is 15.2. The normalized spacial score (nSPS) is 20.8. The zero-order valence-corrected chi connectivity index (χ0v) is 15.2. The highest BCUT2D eigenvalue weighted by atomic mass is 16.3. The van der Waals surface area contributed by atoms with E-state index < -0.39 is 0 Å². The Bertz CT molecular complexity index is 731. The van der Waals surface area contributed by atoms with Crippen molar-refractivity contribution in [1.29, 1.82) is 0 Å². The Morgan fingerprint density at radius 2 is 1.72 bits per heavy atom. The van der Waals surface area contributed by atoms with Crippen molar-refractivity contribution in [3.05, 3.63) is 48.0 Å². The van der Waals surface area contributed by atoms with Gasteiger partial charge in [-0.1, -0.05) is 43.2 Å². The van der Waals surface area contributed by atoms with Gasteiger partial charge in [0.25, 0.3) is 5.91 Å². The number of carbonyl (C=O) groups excluding carboxylic acids is 1. The molecule has 0 bridgehead atoms. The fourth-order valence-electron chi connectivity index (χ4n) is 4.06. The maximum Gasteiger partial charge on any atom is 0.253 e. The summed E-state index contributed by atoms with van der Waals surface area (Å²) in [5, 5.41) is 11.5. The van der Waals surface area contributed by atoms with Crippen molar-refractivity contribution in [3.63, 3.8) is 0 Å². The minimum Gasteiger partial charge on any atom is -0.395 e. The number of amides is 1. The van der Waals surface area contributed by atoms with E-state index in [0.29, 0.717) is 12.6 Å². The summed E-state index contributed by atoms with van der Waals surface area (Å²) in [4.78, 5) is 17.2. The Hall–Kier alpha value is -1.91. The van der Waals surface area contributed by atoms with Crippen LogP contribution in [-0.2, 0) is 0 Å². The third-order valence-corrected chi connectivity index (χ3v) is 5.53. The first-order valence-electron chi connectivity index (χ1n) is 9.19. The molecule has 0 aromatic heterocycles. The molecular weight excluding hydrogens is 312 g/mol.